The summed E-state index contributed by atoms with van der Waals surface area (Å²) in [5, 5.41) is 10.0. The quantitative estimate of drug-likeness (QED) is 0.548. The van der Waals surface area contributed by atoms with Crippen LogP contribution in [0.25, 0.3) is 28.2 Å². The number of benzene rings is 1. The van der Waals surface area contributed by atoms with Crippen molar-refractivity contribution in [3.8, 4) is 23.4 Å². The van der Waals surface area contributed by atoms with Crippen LogP contribution in [-0.2, 0) is 11.2 Å². The van der Waals surface area contributed by atoms with E-state index in [-0.39, 0.29) is 0 Å². The normalized spacial score (nSPS) is 14.2. The molecule has 9 heteroatoms. The summed E-state index contributed by atoms with van der Waals surface area (Å²) in [6, 6.07) is 10.2. The van der Waals surface area contributed by atoms with E-state index in [0.29, 0.717) is 43.8 Å². The second-order valence-electron chi connectivity index (χ2n) is 6.97. The van der Waals surface area contributed by atoms with E-state index in [1.54, 1.807) is 6.20 Å². The number of aromatic amines is 1. The van der Waals surface area contributed by atoms with Crippen molar-refractivity contribution in [1.29, 1.82) is 5.26 Å². The van der Waals surface area contributed by atoms with Crippen LogP contribution in [0, 0.1) is 11.3 Å². The van der Waals surface area contributed by atoms with Gasteiger partial charge in [-0.3, -0.25) is 4.57 Å². The van der Waals surface area contributed by atoms with E-state index in [4.69, 9.17) is 25.0 Å². The Morgan fingerprint density at radius 3 is 2.83 bits per heavy atom. The number of aromatic nitrogens is 6. The molecule has 0 atom stereocenters. The minimum Gasteiger partial charge on any atom is -0.378 e. The highest BCUT2D eigenvalue weighted by Crippen LogP contribution is 2.27. The van der Waals surface area contributed by atoms with Gasteiger partial charge in [-0.25, -0.2) is 4.98 Å². The third kappa shape index (κ3) is 3.38. The monoisotopic (exact) mass is 400 g/mol. The predicted molar refractivity (Wildman–Crippen MR) is 111 cm³/mol. The Morgan fingerprint density at radius 2 is 1.97 bits per heavy atom. The van der Waals surface area contributed by atoms with Gasteiger partial charge in [0.15, 0.2) is 5.82 Å². The first-order valence-corrected chi connectivity index (χ1v) is 9.88. The third-order valence-corrected chi connectivity index (χ3v) is 5.13. The number of hydrogen-bond donors (Lipinski definition) is 1. The molecule has 150 valence electrons. The van der Waals surface area contributed by atoms with E-state index in [1.165, 1.54) is 0 Å². The van der Waals surface area contributed by atoms with Gasteiger partial charge in [-0.15, -0.1) is 0 Å². The number of imidazole rings is 1. The van der Waals surface area contributed by atoms with Gasteiger partial charge in [0.25, 0.3) is 0 Å². The molecule has 0 spiro atoms. The van der Waals surface area contributed by atoms with Crippen LogP contribution >= 0.6 is 0 Å². The number of rotatable bonds is 5. The van der Waals surface area contributed by atoms with E-state index >= 15 is 0 Å². The highest BCUT2D eigenvalue weighted by molar-refractivity contribution is 5.93. The van der Waals surface area contributed by atoms with Crippen LogP contribution in [0.1, 0.15) is 12.2 Å². The van der Waals surface area contributed by atoms with Crippen LogP contribution < -0.4 is 4.90 Å². The van der Waals surface area contributed by atoms with E-state index in [0.717, 1.165) is 35.4 Å². The van der Waals surface area contributed by atoms with Gasteiger partial charge >= 0.3 is 0 Å². The van der Waals surface area contributed by atoms with E-state index in [1.807, 2.05) is 41.2 Å². The number of anilines is 1. The Morgan fingerprint density at radius 1 is 1.10 bits per heavy atom. The lowest BCUT2D eigenvalue weighted by atomic mass is 10.1. The molecule has 0 unspecified atom stereocenters. The maximum absolute atomic E-state index is 8.96. The first kappa shape index (κ1) is 18.3. The minimum absolute atomic E-state index is 0.383. The number of nitrogens with zero attached hydrogens (tertiary/aromatic N) is 7. The molecule has 1 saturated heterocycles. The predicted octanol–water partition coefficient (Wildman–Crippen LogP) is 2.50. The molecule has 1 aliphatic rings. The van der Waals surface area contributed by atoms with Crippen molar-refractivity contribution in [3.05, 3.63) is 48.7 Å². The van der Waals surface area contributed by atoms with Crippen LogP contribution in [0.15, 0.2) is 42.9 Å². The molecule has 4 aromatic rings. The number of H-pyrrole nitrogens is 1. The fourth-order valence-electron chi connectivity index (χ4n) is 3.64. The van der Waals surface area contributed by atoms with Crippen molar-refractivity contribution < 1.29 is 4.74 Å². The molecule has 1 N–H and O–H groups in total. The number of hydrogen-bond acceptors (Lipinski definition) is 7. The second-order valence-corrected chi connectivity index (χ2v) is 6.97. The molecule has 0 radical (unpaired) electrons. The molecular weight excluding hydrogens is 380 g/mol. The summed E-state index contributed by atoms with van der Waals surface area (Å²) in [5.74, 6) is 2.47. The van der Waals surface area contributed by atoms with Gasteiger partial charge in [0.2, 0.25) is 11.9 Å². The smallest absolute Gasteiger partial charge is 0.240 e. The van der Waals surface area contributed by atoms with Gasteiger partial charge in [0.05, 0.1) is 19.3 Å². The van der Waals surface area contributed by atoms with Crippen LogP contribution in [0.2, 0.25) is 0 Å². The summed E-state index contributed by atoms with van der Waals surface area (Å²) in [6.07, 6.45) is 6.36. The molecule has 4 heterocycles. The summed E-state index contributed by atoms with van der Waals surface area (Å²) in [7, 11) is 0. The number of ether oxygens (including phenoxy) is 1. The summed E-state index contributed by atoms with van der Waals surface area (Å²) >= 11 is 0. The zero-order chi connectivity index (χ0) is 20.3. The Kier molecular flexibility index (Phi) is 4.83. The van der Waals surface area contributed by atoms with Crippen LogP contribution in [-0.4, -0.2) is 55.8 Å². The fourth-order valence-corrected chi connectivity index (χ4v) is 3.64. The molecule has 0 aliphatic carbocycles. The highest BCUT2D eigenvalue weighted by atomic mass is 16.5. The van der Waals surface area contributed by atoms with Gasteiger partial charge in [-0.2, -0.15) is 20.2 Å². The lowest BCUT2D eigenvalue weighted by Gasteiger charge is -2.27. The van der Waals surface area contributed by atoms with Crippen LogP contribution in [0.4, 0.5) is 5.95 Å². The Bertz CT molecular complexity index is 1220. The number of nitriles is 1. The third-order valence-electron chi connectivity index (χ3n) is 5.13. The molecule has 5 rings (SSSR count). The molecule has 1 aromatic carbocycles. The standard InChI is InChI=1S/C21H20N8O/c22-7-2-5-18-24-9-10-29(18)21-26-19(16-3-1-4-17-15(16)6-8-23-17)25-20(27-21)28-11-13-30-14-12-28/h1,3-4,6,8-10,23H,2,5,11-14H2. The van der Waals surface area contributed by atoms with Crippen molar-refractivity contribution >= 4 is 16.9 Å². The summed E-state index contributed by atoms with van der Waals surface area (Å²) in [5.41, 5.74) is 1.96. The number of fused-ring (bicyclic) bond motifs is 1. The first-order valence-electron chi connectivity index (χ1n) is 9.88. The molecule has 0 bridgehead atoms. The topological polar surface area (TPSA) is 109 Å². The van der Waals surface area contributed by atoms with E-state index in [9.17, 15) is 0 Å². The van der Waals surface area contributed by atoms with Crippen LogP contribution in [0.5, 0.6) is 0 Å². The molecule has 30 heavy (non-hydrogen) atoms. The summed E-state index contributed by atoms with van der Waals surface area (Å²) in [6.45, 7) is 2.73. The zero-order valence-electron chi connectivity index (χ0n) is 16.3. The molecule has 9 nitrogen and oxygen atoms in total. The first-order chi connectivity index (χ1) is 14.8. The molecule has 3 aromatic heterocycles. The summed E-state index contributed by atoms with van der Waals surface area (Å²) < 4.78 is 7.32. The van der Waals surface area contributed by atoms with Gasteiger partial charge in [0, 0.05) is 61.0 Å². The van der Waals surface area contributed by atoms with Crippen molar-refractivity contribution in [1.82, 2.24) is 29.5 Å². The maximum Gasteiger partial charge on any atom is 0.240 e. The lowest BCUT2D eigenvalue weighted by molar-refractivity contribution is 0.122. The Labute approximate surface area is 173 Å². The molecule has 0 amide bonds. The Hall–Kier alpha value is -3.77. The van der Waals surface area contributed by atoms with Crippen molar-refractivity contribution in [2.24, 2.45) is 0 Å². The molecule has 1 fully saturated rings. The minimum atomic E-state index is 0.383. The molecule has 0 saturated carbocycles. The zero-order valence-corrected chi connectivity index (χ0v) is 16.3. The van der Waals surface area contributed by atoms with Crippen molar-refractivity contribution in [2.45, 2.75) is 12.8 Å². The fraction of sp³-hybridized carbons (Fsp3) is 0.286. The number of aryl methyl sites for hydroxylation is 1. The SMILES string of the molecule is N#CCCc1nccn1-c1nc(-c2cccc3[nH]ccc23)nc(N2CCOCC2)n1. The largest absolute Gasteiger partial charge is 0.378 e. The van der Waals surface area contributed by atoms with E-state index in [2.05, 4.69) is 20.9 Å². The maximum atomic E-state index is 8.96. The number of morpholine rings is 1. The van der Waals surface area contributed by atoms with Crippen molar-refractivity contribution in [2.75, 3.05) is 31.2 Å². The highest BCUT2D eigenvalue weighted by Gasteiger charge is 2.20. The van der Waals surface area contributed by atoms with Gasteiger partial charge in [-0.1, -0.05) is 12.1 Å². The summed E-state index contributed by atoms with van der Waals surface area (Å²) in [4.78, 5) is 24.1. The molecular formula is C21H20N8O. The van der Waals surface area contributed by atoms with Gasteiger partial charge in [-0.05, 0) is 12.1 Å². The van der Waals surface area contributed by atoms with Gasteiger partial charge in [0.1, 0.15) is 5.82 Å². The average molecular weight is 400 g/mol. The van der Waals surface area contributed by atoms with Gasteiger partial charge < -0.3 is 14.6 Å². The average Bonchev–Trinajstić information content (AvgIpc) is 3.47. The second kappa shape index (κ2) is 7.93. The Balaban J connectivity index is 1.66. The van der Waals surface area contributed by atoms with E-state index < -0.39 is 0 Å². The van der Waals surface area contributed by atoms with Crippen LogP contribution in [0.3, 0.4) is 0 Å². The lowest BCUT2D eigenvalue weighted by Crippen LogP contribution is -2.37. The number of nitrogens with one attached hydrogen (secondary N) is 1. The molecule has 1 aliphatic heterocycles. The van der Waals surface area contributed by atoms with Crippen molar-refractivity contribution in [3.63, 3.8) is 0 Å².